The minimum absolute atomic E-state index is 0.240. The molecule has 2 aromatic heterocycles. The molecule has 2 aliphatic rings. The molecule has 2 fully saturated rings. The molecular weight excluding hydrogens is 354 g/mol. The van der Waals surface area contributed by atoms with E-state index in [0.29, 0.717) is 18.2 Å². The van der Waals surface area contributed by atoms with Gasteiger partial charge < -0.3 is 9.42 Å². The van der Waals surface area contributed by atoms with Crippen molar-refractivity contribution in [3.63, 3.8) is 0 Å². The van der Waals surface area contributed by atoms with E-state index in [4.69, 9.17) is 16.1 Å². The van der Waals surface area contributed by atoms with Gasteiger partial charge in [0.1, 0.15) is 10.9 Å². The summed E-state index contributed by atoms with van der Waals surface area (Å²) in [7, 11) is 0. The van der Waals surface area contributed by atoms with E-state index in [9.17, 15) is 4.79 Å². The van der Waals surface area contributed by atoms with E-state index in [1.54, 1.807) is 12.4 Å². The summed E-state index contributed by atoms with van der Waals surface area (Å²) < 4.78 is 5.21. The molecule has 0 aromatic carbocycles. The van der Waals surface area contributed by atoms with Gasteiger partial charge in [-0.15, -0.1) is 0 Å². The van der Waals surface area contributed by atoms with Crippen LogP contribution in [0.1, 0.15) is 35.6 Å². The van der Waals surface area contributed by atoms with Gasteiger partial charge in [-0.2, -0.15) is 0 Å². The van der Waals surface area contributed by atoms with Crippen molar-refractivity contribution in [2.24, 2.45) is 5.41 Å². The van der Waals surface area contributed by atoms with Gasteiger partial charge in [0.15, 0.2) is 0 Å². The Labute approximate surface area is 157 Å². The molecule has 8 heteroatoms. The highest BCUT2D eigenvalue weighted by molar-refractivity contribution is 6.29. The summed E-state index contributed by atoms with van der Waals surface area (Å²) in [5.41, 5.74) is 2.52. The largest absolute Gasteiger partial charge is 0.361 e. The monoisotopic (exact) mass is 375 g/mol. The van der Waals surface area contributed by atoms with Crippen LogP contribution in [0.4, 0.5) is 0 Å². The van der Waals surface area contributed by atoms with Gasteiger partial charge in [0.25, 0.3) is 0 Å². The first kappa shape index (κ1) is 17.4. The van der Waals surface area contributed by atoms with Crippen LogP contribution in [-0.2, 0) is 17.9 Å². The molecule has 138 valence electrons. The molecule has 2 saturated heterocycles. The average molecular weight is 376 g/mol. The molecule has 0 aliphatic carbocycles. The van der Waals surface area contributed by atoms with Crippen molar-refractivity contribution < 1.29 is 9.32 Å². The summed E-state index contributed by atoms with van der Waals surface area (Å²) in [6.45, 7) is 7.63. The predicted molar refractivity (Wildman–Crippen MR) is 95.4 cm³/mol. The van der Waals surface area contributed by atoms with Crippen LogP contribution in [0.3, 0.4) is 0 Å². The molecule has 2 aromatic rings. The zero-order chi connectivity index (χ0) is 18.3. The lowest BCUT2D eigenvalue weighted by atomic mass is 9.72. The molecule has 1 unspecified atom stereocenters. The van der Waals surface area contributed by atoms with E-state index in [1.165, 1.54) is 0 Å². The van der Waals surface area contributed by atoms with Crippen molar-refractivity contribution in [2.45, 2.75) is 39.8 Å². The van der Waals surface area contributed by atoms with Crippen LogP contribution in [-0.4, -0.2) is 50.5 Å². The van der Waals surface area contributed by atoms with Gasteiger partial charge in [-0.1, -0.05) is 16.8 Å². The second-order valence-electron chi connectivity index (χ2n) is 7.39. The Balaban J connectivity index is 1.40. The van der Waals surface area contributed by atoms with Crippen LogP contribution in [0.25, 0.3) is 0 Å². The van der Waals surface area contributed by atoms with Crippen LogP contribution in [0.5, 0.6) is 0 Å². The quantitative estimate of drug-likeness (QED) is 0.763. The number of nitrogens with zero attached hydrogens (tertiary/aromatic N) is 5. The van der Waals surface area contributed by atoms with Gasteiger partial charge >= 0.3 is 0 Å². The molecular formula is C18H22ClN5O2. The first-order valence-electron chi connectivity index (χ1n) is 8.87. The second kappa shape index (κ2) is 6.63. The van der Waals surface area contributed by atoms with Crippen molar-refractivity contribution >= 4 is 17.5 Å². The van der Waals surface area contributed by atoms with E-state index < -0.39 is 0 Å². The molecule has 2 aliphatic heterocycles. The molecule has 4 rings (SSSR count). The molecule has 0 bridgehead atoms. The fourth-order valence-electron chi connectivity index (χ4n) is 4.11. The summed E-state index contributed by atoms with van der Waals surface area (Å²) in [6.07, 6.45) is 5.24. The van der Waals surface area contributed by atoms with Gasteiger partial charge in [0.2, 0.25) is 5.91 Å². The molecule has 0 radical (unpaired) electrons. The Hall–Kier alpha value is -1.99. The van der Waals surface area contributed by atoms with E-state index in [2.05, 4.69) is 20.0 Å². The molecule has 1 amide bonds. The van der Waals surface area contributed by atoms with Gasteiger partial charge in [0.05, 0.1) is 35.7 Å². The lowest BCUT2D eigenvalue weighted by molar-refractivity contribution is -0.167. The number of hydrogen-bond donors (Lipinski definition) is 0. The zero-order valence-corrected chi connectivity index (χ0v) is 15.8. The Morgan fingerprint density at radius 3 is 2.73 bits per heavy atom. The van der Waals surface area contributed by atoms with Crippen LogP contribution in [0, 0.1) is 19.3 Å². The topological polar surface area (TPSA) is 75.4 Å². The maximum absolute atomic E-state index is 12.9. The van der Waals surface area contributed by atoms with Crippen molar-refractivity contribution in [1.29, 1.82) is 0 Å². The van der Waals surface area contributed by atoms with Gasteiger partial charge in [0, 0.05) is 25.2 Å². The lowest BCUT2D eigenvalue weighted by Gasteiger charge is -2.53. The minimum Gasteiger partial charge on any atom is -0.361 e. The smallest absolute Gasteiger partial charge is 0.232 e. The number of hydrogen-bond acceptors (Lipinski definition) is 6. The molecule has 1 spiro atoms. The average Bonchev–Trinajstić information content (AvgIpc) is 2.95. The van der Waals surface area contributed by atoms with Crippen LogP contribution in [0.15, 0.2) is 16.9 Å². The van der Waals surface area contributed by atoms with E-state index >= 15 is 0 Å². The van der Waals surface area contributed by atoms with E-state index in [1.807, 2.05) is 18.7 Å². The van der Waals surface area contributed by atoms with Crippen LogP contribution in [0.2, 0.25) is 5.15 Å². The maximum Gasteiger partial charge on any atom is 0.232 e. The number of halogens is 1. The summed E-state index contributed by atoms with van der Waals surface area (Å²) in [6, 6.07) is 0. The normalized spacial score (nSPS) is 23.5. The SMILES string of the molecule is Cc1noc(C)c1CN1CC2(CCCN(Cc3cnc(Cl)cn3)C2)C1=O. The number of rotatable bonds is 4. The highest BCUT2D eigenvalue weighted by atomic mass is 35.5. The molecule has 0 saturated carbocycles. The zero-order valence-electron chi connectivity index (χ0n) is 15.0. The first-order chi connectivity index (χ1) is 12.5. The molecule has 26 heavy (non-hydrogen) atoms. The Morgan fingerprint density at radius 1 is 1.23 bits per heavy atom. The van der Waals surface area contributed by atoms with Gasteiger partial charge in [-0.25, -0.2) is 4.98 Å². The maximum atomic E-state index is 12.9. The number of carbonyl (C=O) groups is 1. The minimum atomic E-state index is -0.253. The van der Waals surface area contributed by atoms with Crippen molar-refractivity contribution in [3.8, 4) is 0 Å². The summed E-state index contributed by atoms with van der Waals surface area (Å²) in [5.74, 6) is 1.03. The molecule has 1 atom stereocenters. The highest BCUT2D eigenvalue weighted by Crippen LogP contribution is 2.41. The van der Waals surface area contributed by atoms with E-state index in [0.717, 1.165) is 55.2 Å². The third kappa shape index (κ3) is 3.10. The third-order valence-electron chi connectivity index (χ3n) is 5.48. The summed E-state index contributed by atoms with van der Waals surface area (Å²) >= 11 is 5.80. The fraction of sp³-hybridized carbons (Fsp3) is 0.556. The Morgan fingerprint density at radius 2 is 2.08 bits per heavy atom. The van der Waals surface area contributed by atoms with Gasteiger partial charge in [-0.3, -0.25) is 14.7 Å². The summed E-state index contributed by atoms with van der Waals surface area (Å²) in [5, 5.41) is 4.37. The number of β-lactam (4-membered cyclic amide) rings is 1. The van der Waals surface area contributed by atoms with Crippen molar-refractivity contribution in [2.75, 3.05) is 19.6 Å². The molecule has 4 heterocycles. The number of carbonyl (C=O) groups excluding carboxylic acids is 1. The van der Waals surface area contributed by atoms with Crippen molar-refractivity contribution in [1.82, 2.24) is 24.9 Å². The number of aryl methyl sites for hydroxylation is 2. The predicted octanol–water partition coefficient (Wildman–Crippen LogP) is 2.36. The number of amides is 1. The first-order valence-corrected chi connectivity index (χ1v) is 9.24. The van der Waals surface area contributed by atoms with Gasteiger partial charge in [-0.05, 0) is 33.2 Å². The Kier molecular flexibility index (Phi) is 4.44. The van der Waals surface area contributed by atoms with E-state index in [-0.39, 0.29) is 11.3 Å². The van der Waals surface area contributed by atoms with Crippen LogP contribution >= 0.6 is 11.6 Å². The summed E-state index contributed by atoms with van der Waals surface area (Å²) in [4.78, 5) is 25.6. The number of aromatic nitrogens is 3. The molecule has 0 N–H and O–H groups in total. The second-order valence-corrected chi connectivity index (χ2v) is 7.78. The molecule has 7 nitrogen and oxygen atoms in total. The van der Waals surface area contributed by atoms with Crippen LogP contribution < -0.4 is 0 Å². The Bertz CT molecular complexity index is 802. The fourth-order valence-corrected chi connectivity index (χ4v) is 4.21. The number of piperidine rings is 1. The third-order valence-corrected chi connectivity index (χ3v) is 5.68. The highest BCUT2D eigenvalue weighted by Gasteiger charge is 2.53. The van der Waals surface area contributed by atoms with Crippen molar-refractivity contribution in [3.05, 3.63) is 40.3 Å². The number of likely N-dealkylation sites (tertiary alicyclic amines) is 2. The standard InChI is InChI=1S/C18H22ClN5O2/c1-12-15(13(2)26-22-12)9-24-11-18(17(24)25)4-3-5-23(10-18)8-14-6-21-16(19)7-20-14/h6-7H,3-5,8-11H2,1-2H3. The lowest BCUT2D eigenvalue weighted by Crippen LogP contribution is -2.66.